The maximum absolute atomic E-state index is 11.5. The molecular formula is C22H35NO3. The highest BCUT2D eigenvalue weighted by molar-refractivity contribution is 5.73. The molecule has 0 aromatic heterocycles. The first-order chi connectivity index (χ1) is 12.2. The quantitative estimate of drug-likeness (QED) is 0.629. The van der Waals surface area contributed by atoms with Gasteiger partial charge in [0.05, 0.1) is 12.2 Å². The van der Waals surface area contributed by atoms with Gasteiger partial charge in [-0.3, -0.25) is 4.79 Å². The van der Waals surface area contributed by atoms with Crippen molar-refractivity contribution >= 4 is 5.91 Å². The van der Waals surface area contributed by atoms with Crippen LogP contribution < -0.4 is 5.32 Å². The van der Waals surface area contributed by atoms with E-state index in [4.69, 9.17) is 0 Å². The Morgan fingerprint density at radius 3 is 2.50 bits per heavy atom. The topological polar surface area (TPSA) is 69.6 Å². The largest absolute Gasteiger partial charge is 0.390 e. The number of aliphatic hydroxyl groups is 2. The highest BCUT2D eigenvalue weighted by atomic mass is 16.3. The van der Waals surface area contributed by atoms with Crippen molar-refractivity contribution in [2.45, 2.75) is 84.0 Å². The molecule has 4 fully saturated rings. The molecule has 1 amide bonds. The van der Waals surface area contributed by atoms with E-state index in [9.17, 15) is 15.0 Å². The maximum Gasteiger partial charge on any atom is 0.217 e. The molecule has 0 aromatic carbocycles. The normalized spacial score (nSPS) is 53.4. The third kappa shape index (κ3) is 2.44. The first-order valence-corrected chi connectivity index (χ1v) is 10.5. The fourth-order valence-electron chi connectivity index (χ4n) is 7.59. The van der Waals surface area contributed by atoms with Crippen LogP contribution in [0.25, 0.3) is 0 Å². The van der Waals surface area contributed by atoms with Gasteiger partial charge in [0.1, 0.15) is 0 Å². The van der Waals surface area contributed by atoms with Crippen molar-refractivity contribution in [3.63, 3.8) is 0 Å². The van der Waals surface area contributed by atoms with Gasteiger partial charge in [0.2, 0.25) is 5.91 Å². The standard InChI is InChI=1S/C22H35NO3/c1-12-5-6-15-18-16(8-10-21(12,15)3)22(4)9-7-14(23-13(2)24)11-17(22)19(25)20(18)26/h14-20,25-26H,1,5-11H2,2-4H3,(H,23,24)/t14-,15?,16?,17?,18?,19-,20?,21-,22-/m1/s1. The fourth-order valence-corrected chi connectivity index (χ4v) is 7.59. The van der Waals surface area contributed by atoms with Gasteiger partial charge in [-0.2, -0.15) is 0 Å². The lowest BCUT2D eigenvalue weighted by Gasteiger charge is -2.63. The molecule has 0 saturated heterocycles. The van der Waals surface area contributed by atoms with Crippen LogP contribution >= 0.6 is 0 Å². The predicted octanol–water partition coefficient (Wildman–Crippen LogP) is 3.03. The third-order valence-corrected chi connectivity index (χ3v) is 9.12. The van der Waals surface area contributed by atoms with Gasteiger partial charge in [-0.25, -0.2) is 0 Å². The Morgan fingerprint density at radius 1 is 1.08 bits per heavy atom. The summed E-state index contributed by atoms with van der Waals surface area (Å²) in [5, 5.41) is 25.3. The number of amides is 1. The maximum atomic E-state index is 11.5. The molecule has 5 unspecified atom stereocenters. The summed E-state index contributed by atoms with van der Waals surface area (Å²) in [6.45, 7) is 10.6. The number of hydrogen-bond donors (Lipinski definition) is 3. The molecule has 3 N–H and O–H groups in total. The molecule has 4 aliphatic carbocycles. The summed E-state index contributed by atoms with van der Waals surface area (Å²) in [5.74, 6) is 1.16. The van der Waals surface area contributed by atoms with E-state index < -0.39 is 12.2 Å². The second kappa shape index (κ2) is 6.07. The minimum Gasteiger partial charge on any atom is -0.390 e. The van der Waals surface area contributed by atoms with Crippen LogP contribution in [0, 0.1) is 34.5 Å². The lowest BCUT2D eigenvalue weighted by atomic mass is 9.43. The Kier molecular flexibility index (Phi) is 4.31. The van der Waals surface area contributed by atoms with Gasteiger partial charge in [0.25, 0.3) is 0 Å². The highest BCUT2D eigenvalue weighted by Gasteiger charge is 2.63. The van der Waals surface area contributed by atoms with E-state index in [0.29, 0.717) is 11.8 Å². The minimum atomic E-state index is -0.686. The van der Waals surface area contributed by atoms with Gasteiger partial charge in [0.15, 0.2) is 0 Å². The van der Waals surface area contributed by atoms with Crippen molar-refractivity contribution in [1.82, 2.24) is 5.32 Å². The summed E-state index contributed by atoms with van der Waals surface area (Å²) < 4.78 is 0. The summed E-state index contributed by atoms with van der Waals surface area (Å²) in [7, 11) is 0. The molecule has 4 rings (SSSR count). The molecule has 4 nitrogen and oxygen atoms in total. The number of rotatable bonds is 1. The molecule has 4 aliphatic rings. The first-order valence-electron chi connectivity index (χ1n) is 10.5. The minimum absolute atomic E-state index is 0.000211. The monoisotopic (exact) mass is 361 g/mol. The second-order valence-corrected chi connectivity index (χ2v) is 10.2. The Balaban J connectivity index is 1.64. The van der Waals surface area contributed by atoms with Gasteiger partial charge >= 0.3 is 0 Å². The molecule has 4 saturated carbocycles. The van der Waals surface area contributed by atoms with E-state index in [2.05, 4.69) is 25.7 Å². The van der Waals surface area contributed by atoms with E-state index in [0.717, 1.165) is 44.9 Å². The van der Waals surface area contributed by atoms with Crippen molar-refractivity contribution in [2.75, 3.05) is 0 Å². The third-order valence-electron chi connectivity index (χ3n) is 9.12. The van der Waals surface area contributed by atoms with Crippen LogP contribution in [0.2, 0.25) is 0 Å². The molecule has 0 aromatic rings. The van der Waals surface area contributed by atoms with E-state index in [1.165, 1.54) is 5.57 Å². The number of nitrogens with one attached hydrogen (secondary N) is 1. The van der Waals surface area contributed by atoms with Crippen molar-refractivity contribution in [2.24, 2.45) is 34.5 Å². The number of aliphatic hydroxyl groups excluding tert-OH is 2. The van der Waals surface area contributed by atoms with Crippen LogP contribution in [0.5, 0.6) is 0 Å². The van der Waals surface area contributed by atoms with Crippen LogP contribution in [-0.2, 0) is 4.79 Å². The number of hydrogen-bond acceptors (Lipinski definition) is 3. The Labute approximate surface area is 157 Å². The molecule has 0 spiro atoms. The van der Waals surface area contributed by atoms with Crippen molar-refractivity contribution < 1.29 is 15.0 Å². The predicted molar refractivity (Wildman–Crippen MR) is 101 cm³/mol. The number of carbonyl (C=O) groups excluding carboxylic acids is 1. The number of carbonyl (C=O) groups is 1. The average Bonchev–Trinajstić information content (AvgIpc) is 2.88. The van der Waals surface area contributed by atoms with E-state index in [1.807, 2.05) is 0 Å². The molecule has 26 heavy (non-hydrogen) atoms. The zero-order chi connectivity index (χ0) is 18.9. The van der Waals surface area contributed by atoms with Gasteiger partial charge in [-0.15, -0.1) is 0 Å². The molecular weight excluding hydrogens is 326 g/mol. The Morgan fingerprint density at radius 2 is 1.81 bits per heavy atom. The summed E-state index contributed by atoms with van der Waals surface area (Å²) in [4.78, 5) is 11.5. The molecule has 146 valence electrons. The van der Waals surface area contributed by atoms with E-state index in [-0.39, 0.29) is 34.6 Å². The fraction of sp³-hybridized carbons (Fsp3) is 0.864. The molecule has 0 bridgehead atoms. The van der Waals surface area contributed by atoms with E-state index >= 15 is 0 Å². The number of allylic oxidation sites excluding steroid dienone is 1. The van der Waals surface area contributed by atoms with E-state index in [1.54, 1.807) is 6.92 Å². The Bertz CT molecular complexity index is 619. The van der Waals surface area contributed by atoms with Crippen LogP contribution in [0.15, 0.2) is 12.2 Å². The summed E-state index contributed by atoms with van der Waals surface area (Å²) in [5.41, 5.74) is 1.55. The molecule has 0 radical (unpaired) electrons. The zero-order valence-corrected chi connectivity index (χ0v) is 16.5. The zero-order valence-electron chi connectivity index (χ0n) is 16.5. The molecule has 4 heteroatoms. The van der Waals surface area contributed by atoms with Crippen molar-refractivity contribution in [3.8, 4) is 0 Å². The summed E-state index contributed by atoms with van der Waals surface area (Å²) in [6.07, 6.45) is 5.92. The average molecular weight is 362 g/mol. The molecule has 0 aliphatic heterocycles. The van der Waals surface area contributed by atoms with Gasteiger partial charge < -0.3 is 15.5 Å². The smallest absolute Gasteiger partial charge is 0.217 e. The van der Waals surface area contributed by atoms with Crippen LogP contribution in [0.4, 0.5) is 0 Å². The number of fused-ring (bicyclic) bond motifs is 5. The lowest BCUT2D eigenvalue weighted by Crippen LogP contribution is -2.64. The van der Waals surface area contributed by atoms with Crippen LogP contribution in [-0.4, -0.2) is 34.4 Å². The Hall–Kier alpha value is -0.870. The lowest BCUT2D eigenvalue weighted by molar-refractivity contribution is -0.211. The molecule has 9 atom stereocenters. The highest BCUT2D eigenvalue weighted by Crippen LogP contribution is 2.67. The van der Waals surface area contributed by atoms with Crippen molar-refractivity contribution in [3.05, 3.63) is 12.2 Å². The SMILES string of the molecule is C=C1CCC2C3C(O)[C@H](O)C4C[C@H](NC(C)=O)CC[C@]4(C)C3CC[C@]12C. The van der Waals surface area contributed by atoms with Gasteiger partial charge in [-0.05, 0) is 79.4 Å². The summed E-state index contributed by atoms with van der Waals surface area (Å²) in [6, 6.07) is 0.129. The van der Waals surface area contributed by atoms with Crippen LogP contribution in [0.1, 0.15) is 65.7 Å². The summed E-state index contributed by atoms with van der Waals surface area (Å²) >= 11 is 0. The van der Waals surface area contributed by atoms with Gasteiger partial charge in [-0.1, -0.05) is 26.0 Å². The second-order valence-electron chi connectivity index (χ2n) is 10.2. The first kappa shape index (κ1) is 18.5. The van der Waals surface area contributed by atoms with Crippen molar-refractivity contribution in [1.29, 1.82) is 0 Å². The van der Waals surface area contributed by atoms with Gasteiger partial charge in [0, 0.05) is 13.0 Å². The van der Waals surface area contributed by atoms with Crippen LogP contribution in [0.3, 0.4) is 0 Å². The molecule has 0 heterocycles.